The van der Waals surface area contributed by atoms with Gasteiger partial charge in [-0.2, -0.15) is 0 Å². The van der Waals surface area contributed by atoms with E-state index < -0.39 is 0 Å². The molecule has 0 atom stereocenters. The van der Waals surface area contributed by atoms with Gasteiger partial charge in [-0.15, -0.1) is 10.2 Å². The summed E-state index contributed by atoms with van der Waals surface area (Å²) < 4.78 is 10.8. The number of hydrogen-bond donors (Lipinski definition) is 0. The Bertz CT molecular complexity index is 700. The summed E-state index contributed by atoms with van der Waals surface area (Å²) in [5, 5.41) is 8.17. The van der Waals surface area contributed by atoms with E-state index in [0.717, 1.165) is 16.9 Å². The van der Waals surface area contributed by atoms with Gasteiger partial charge in [-0.25, -0.2) is 0 Å². The Kier molecular flexibility index (Phi) is 3.21. The minimum absolute atomic E-state index is 0.503. The predicted octanol–water partition coefficient (Wildman–Crippen LogP) is 3.72. The second kappa shape index (κ2) is 5.17. The van der Waals surface area contributed by atoms with Gasteiger partial charge in [0.15, 0.2) is 0 Å². The van der Waals surface area contributed by atoms with Gasteiger partial charge < -0.3 is 9.15 Å². The molecule has 20 heavy (non-hydrogen) atoms. The molecule has 4 heteroatoms. The van der Waals surface area contributed by atoms with Crippen LogP contribution >= 0.6 is 0 Å². The first-order valence-electron chi connectivity index (χ1n) is 6.31. The molecular formula is C16H14N2O2. The summed E-state index contributed by atoms with van der Waals surface area (Å²) in [5.74, 6) is 1.83. The minimum Gasteiger partial charge on any atom is -0.497 e. The average molecular weight is 266 g/mol. The maximum atomic E-state index is 5.71. The molecule has 3 rings (SSSR count). The van der Waals surface area contributed by atoms with Crippen molar-refractivity contribution in [3.8, 4) is 28.7 Å². The van der Waals surface area contributed by atoms with Gasteiger partial charge in [0.25, 0.3) is 0 Å². The number of aromatic nitrogens is 2. The van der Waals surface area contributed by atoms with Crippen LogP contribution in [-0.2, 0) is 0 Å². The lowest BCUT2D eigenvalue weighted by Gasteiger charge is -1.99. The van der Waals surface area contributed by atoms with E-state index in [0.29, 0.717) is 11.8 Å². The van der Waals surface area contributed by atoms with Crippen LogP contribution in [0.1, 0.15) is 5.56 Å². The van der Waals surface area contributed by atoms with Gasteiger partial charge in [-0.3, -0.25) is 0 Å². The lowest BCUT2D eigenvalue weighted by molar-refractivity contribution is 0.415. The van der Waals surface area contributed by atoms with Crippen LogP contribution in [0.25, 0.3) is 22.9 Å². The van der Waals surface area contributed by atoms with Crippen molar-refractivity contribution in [1.82, 2.24) is 10.2 Å². The lowest BCUT2D eigenvalue weighted by Crippen LogP contribution is -1.82. The highest BCUT2D eigenvalue weighted by Crippen LogP contribution is 2.25. The Labute approximate surface area is 117 Å². The summed E-state index contributed by atoms with van der Waals surface area (Å²) in [6, 6.07) is 15.5. The summed E-state index contributed by atoms with van der Waals surface area (Å²) >= 11 is 0. The highest BCUT2D eigenvalue weighted by atomic mass is 16.5. The summed E-state index contributed by atoms with van der Waals surface area (Å²) in [4.78, 5) is 0. The molecule has 0 amide bonds. The predicted molar refractivity (Wildman–Crippen MR) is 76.5 cm³/mol. The first-order chi connectivity index (χ1) is 9.76. The van der Waals surface area contributed by atoms with Crippen LogP contribution in [0.2, 0.25) is 0 Å². The summed E-state index contributed by atoms with van der Waals surface area (Å²) in [6.07, 6.45) is 0. The van der Waals surface area contributed by atoms with E-state index in [1.54, 1.807) is 7.11 Å². The van der Waals surface area contributed by atoms with Gasteiger partial charge in [0.2, 0.25) is 11.8 Å². The van der Waals surface area contributed by atoms with Crippen LogP contribution < -0.4 is 4.74 Å². The van der Waals surface area contributed by atoms with Crippen molar-refractivity contribution in [2.75, 3.05) is 7.11 Å². The zero-order valence-corrected chi connectivity index (χ0v) is 11.3. The number of rotatable bonds is 3. The quantitative estimate of drug-likeness (QED) is 0.725. The van der Waals surface area contributed by atoms with E-state index >= 15 is 0 Å². The van der Waals surface area contributed by atoms with Crippen molar-refractivity contribution in [2.24, 2.45) is 0 Å². The zero-order valence-electron chi connectivity index (χ0n) is 11.3. The molecule has 0 bridgehead atoms. The van der Waals surface area contributed by atoms with E-state index in [1.807, 2.05) is 55.5 Å². The highest BCUT2D eigenvalue weighted by Gasteiger charge is 2.10. The van der Waals surface area contributed by atoms with Crippen LogP contribution in [0, 0.1) is 6.92 Å². The van der Waals surface area contributed by atoms with E-state index in [2.05, 4.69) is 10.2 Å². The van der Waals surface area contributed by atoms with Crippen molar-refractivity contribution >= 4 is 0 Å². The van der Waals surface area contributed by atoms with Crippen molar-refractivity contribution in [3.05, 3.63) is 54.1 Å². The molecular weight excluding hydrogens is 252 g/mol. The number of hydrogen-bond acceptors (Lipinski definition) is 4. The fraction of sp³-hybridized carbons (Fsp3) is 0.125. The molecule has 3 aromatic rings. The van der Waals surface area contributed by atoms with Crippen LogP contribution in [0.5, 0.6) is 5.75 Å². The summed E-state index contributed by atoms with van der Waals surface area (Å²) in [5.41, 5.74) is 2.99. The normalized spacial score (nSPS) is 10.5. The van der Waals surface area contributed by atoms with E-state index in [-0.39, 0.29) is 0 Å². The SMILES string of the molecule is COc1ccc(-c2nnc(-c3ccc(C)cc3)o2)cc1. The molecule has 0 radical (unpaired) electrons. The molecule has 0 unspecified atom stereocenters. The molecule has 0 fully saturated rings. The van der Waals surface area contributed by atoms with Gasteiger partial charge in [0.05, 0.1) is 7.11 Å². The Hall–Kier alpha value is -2.62. The molecule has 0 aliphatic rings. The molecule has 0 spiro atoms. The number of aryl methyl sites for hydroxylation is 1. The van der Waals surface area contributed by atoms with Gasteiger partial charge in [0, 0.05) is 11.1 Å². The molecule has 0 saturated heterocycles. The van der Waals surface area contributed by atoms with Crippen molar-refractivity contribution < 1.29 is 9.15 Å². The summed E-state index contributed by atoms with van der Waals surface area (Å²) in [7, 11) is 1.64. The maximum Gasteiger partial charge on any atom is 0.248 e. The second-order valence-electron chi connectivity index (χ2n) is 4.51. The molecule has 4 nitrogen and oxygen atoms in total. The number of methoxy groups -OCH3 is 1. The standard InChI is InChI=1S/C16H14N2O2/c1-11-3-5-12(6-4-11)15-17-18-16(20-15)13-7-9-14(19-2)10-8-13/h3-10H,1-2H3. The molecule has 0 saturated carbocycles. The highest BCUT2D eigenvalue weighted by molar-refractivity contribution is 5.58. The third-order valence-electron chi connectivity index (χ3n) is 3.06. The third-order valence-corrected chi connectivity index (χ3v) is 3.06. The van der Waals surface area contributed by atoms with E-state index in [9.17, 15) is 0 Å². The number of ether oxygens (including phenoxy) is 1. The van der Waals surface area contributed by atoms with Crippen LogP contribution in [0.3, 0.4) is 0 Å². The molecule has 1 heterocycles. The largest absolute Gasteiger partial charge is 0.497 e. The van der Waals surface area contributed by atoms with Gasteiger partial charge in [-0.1, -0.05) is 17.7 Å². The van der Waals surface area contributed by atoms with Gasteiger partial charge in [0.1, 0.15) is 5.75 Å². The topological polar surface area (TPSA) is 48.2 Å². The number of nitrogens with zero attached hydrogens (tertiary/aromatic N) is 2. The maximum absolute atomic E-state index is 5.71. The molecule has 1 aromatic heterocycles. The molecule has 0 aliphatic heterocycles. The van der Waals surface area contributed by atoms with Crippen LogP contribution in [-0.4, -0.2) is 17.3 Å². The van der Waals surface area contributed by atoms with Gasteiger partial charge in [-0.05, 0) is 43.3 Å². The Morgan fingerprint density at radius 2 is 1.30 bits per heavy atom. The number of benzene rings is 2. The van der Waals surface area contributed by atoms with Crippen molar-refractivity contribution in [2.45, 2.75) is 6.92 Å². The smallest absolute Gasteiger partial charge is 0.248 e. The zero-order chi connectivity index (χ0) is 13.9. The summed E-state index contributed by atoms with van der Waals surface area (Å²) in [6.45, 7) is 2.04. The average Bonchev–Trinajstić information content (AvgIpc) is 2.98. The Balaban J connectivity index is 1.91. The van der Waals surface area contributed by atoms with Crippen molar-refractivity contribution in [1.29, 1.82) is 0 Å². The van der Waals surface area contributed by atoms with Crippen LogP contribution in [0.15, 0.2) is 52.9 Å². The molecule has 100 valence electrons. The van der Waals surface area contributed by atoms with E-state index in [4.69, 9.17) is 9.15 Å². The van der Waals surface area contributed by atoms with Crippen molar-refractivity contribution in [3.63, 3.8) is 0 Å². The fourth-order valence-corrected chi connectivity index (χ4v) is 1.89. The lowest BCUT2D eigenvalue weighted by atomic mass is 10.1. The minimum atomic E-state index is 0.503. The molecule has 2 aromatic carbocycles. The first kappa shape index (κ1) is 12.4. The Morgan fingerprint density at radius 1 is 0.800 bits per heavy atom. The van der Waals surface area contributed by atoms with Gasteiger partial charge >= 0.3 is 0 Å². The van der Waals surface area contributed by atoms with Crippen LogP contribution in [0.4, 0.5) is 0 Å². The fourth-order valence-electron chi connectivity index (χ4n) is 1.89. The van der Waals surface area contributed by atoms with E-state index in [1.165, 1.54) is 5.56 Å². The first-order valence-corrected chi connectivity index (χ1v) is 6.31. The second-order valence-corrected chi connectivity index (χ2v) is 4.51. The third kappa shape index (κ3) is 2.40. The molecule has 0 aliphatic carbocycles. The monoisotopic (exact) mass is 266 g/mol. The Morgan fingerprint density at radius 3 is 1.80 bits per heavy atom. The molecule has 0 N–H and O–H groups in total.